The van der Waals surface area contributed by atoms with Crippen molar-refractivity contribution in [1.29, 1.82) is 5.26 Å². The van der Waals surface area contributed by atoms with Crippen LogP contribution in [0.4, 0.5) is 11.5 Å². The number of rotatable bonds is 5. The summed E-state index contributed by atoms with van der Waals surface area (Å²) in [6.45, 7) is 6.70. The normalized spacial score (nSPS) is 14.1. The summed E-state index contributed by atoms with van der Waals surface area (Å²) >= 11 is 0. The van der Waals surface area contributed by atoms with E-state index in [0.717, 1.165) is 11.3 Å². The molecule has 1 N–H and O–H groups in total. The lowest BCUT2D eigenvalue weighted by Gasteiger charge is -2.35. The second-order valence-electron chi connectivity index (χ2n) is 7.81. The van der Waals surface area contributed by atoms with E-state index in [1.54, 1.807) is 38.4 Å². The van der Waals surface area contributed by atoms with Crippen molar-refractivity contribution in [1.82, 2.24) is 20.0 Å². The summed E-state index contributed by atoms with van der Waals surface area (Å²) in [7, 11) is 3.40. The van der Waals surface area contributed by atoms with E-state index in [1.165, 1.54) is 4.90 Å². The lowest BCUT2D eigenvalue weighted by Crippen LogP contribution is -2.49. The monoisotopic (exact) mass is 421 g/mol. The van der Waals surface area contributed by atoms with Gasteiger partial charge in [0.25, 0.3) is 5.91 Å². The molecule has 0 saturated carbocycles. The fourth-order valence-corrected chi connectivity index (χ4v) is 3.43. The molecular formula is C22H27N7O2. The highest BCUT2D eigenvalue weighted by atomic mass is 16.2. The number of nitriles is 1. The molecule has 0 unspecified atom stereocenters. The predicted octanol–water partition coefficient (Wildman–Crippen LogP) is 1.43. The van der Waals surface area contributed by atoms with E-state index in [4.69, 9.17) is 0 Å². The van der Waals surface area contributed by atoms with Crippen LogP contribution in [0.1, 0.15) is 27.2 Å². The molecule has 0 aliphatic carbocycles. The number of hydrogen-bond acceptors (Lipinski definition) is 7. The van der Waals surface area contributed by atoms with E-state index in [-0.39, 0.29) is 18.4 Å². The smallest absolute Gasteiger partial charge is 0.253 e. The second kappa shape index (κ2) is 9.53. The third-order valence-corrected chi connectivity index (χ3v) is 5.41. The van der Waals surface area contributed by atoms with Crippen molar-refractivity contribution in [3.05, 3.63) is 46.6 Å². The highest BCUT2D eigenvalue weighted by molar-refractivity contribution is 5.96. The van der Waals surface area contributed by atoms with Crippen molar-refractivity contribution >= 4 is 23.3 Å². The Morgan fingerprint density at radius 2 is 1.74 bits per heavy atom. The molecule has 1 aliphatic heterocycles. The third-order valence-electron chi connectivity index (χ3n) is 5.41. The molecule has 0 spiro atoms. The SMILES string of the molecule is Cc1nnc(N2CCN(CC(=O)Nc3ccc(C(=O)N(C)C)cc3)CC2)c(C#N)c1C. The molecule has 3 rings (SSSR count). The van der Waals surface area contributed by atoms with Crippen molar-refractivity contribution in [3.63, 3.8) is 0 Å². The zero-order chi connectivity index (χ0) is 22.5. The standard InChI is InChI=1S/C22H27N7O2/c1-15-16(2)25-26-21(19(15)13-23)29-11-9-28(10-12-29)14-20(30)24-18-7-5-17(6-8-18)22(31)27(3)4/h5-8H,9-12,14H2,1-4H3,(H,24,30). The maximum atomic E-state index is 12.4. The molecule has 162 valence electrons. The van der Waals surface area contributed by atoms with Gasteiger partial charge >= 0.3 is 0 Å². The summed E-state index contributed by atoms with van der Waals surface area (Å²) < 4.78 is 0. The molecule has 2 heterocycles. The zero-order valence-corrected chi connectivity index (χ0v) is 18.3. The number of nitrogens with zero attached hydrogens (tertiary/aromatic N) is 6. The van der Waals surface area contributed by atoms with Gasteiger partial charge in [-0.15, -0.1) is 5.10 Å². The summed E-state index contributed by atoms with van der Waals surface area (Å²) in [6.07, 6.45) is 0. The number of benzene rings is 1. The van der Waals surface area contributed by atoms with Gasteiger partial charge in [-0.05, 0) is 43.7 Å². The van der Waals surface area contributed by atoms with Gasteiger partial charge in [-0.3, -0.25) is 14.5 Å². The highest BCUT2D eigenvalue weighted by Gasteiger charge is 2.23. The first kappa shape index (κ1) is 22.2. The van der Waals surface area contributed by atoms with Crippen LogP contribution in [0.15, 0.2) is 24.3 Å². The van der Waals surface area contributed by atoms with Crippen LogP contribution >= 0.6 is 0 Å². The summed E-state index contributed by atoms with van der Waals surface area (Å²) in [5, 5.41) is 20.8. The van der Waals surface area contributed by atoms with Gasteiger partial charge in [0.15, 0.2) is 5.82 Å². The number of carbonyl (C=O) groups excluding carboxylic acids is 2. The molecule has 2 amide bonds. The van der Waals surface area contributed by atoms with Crippen LogP contribution < -0.4 is 10.2 Å². The number of carbonyl (C=O) groups is 2. The molecule has 9 heteroatoms. The molecule has 1 aromatic carbocycles. The Morgan fingerprint density at radius 3 is 2.32 bits per heavy atom. The highest BCUT2D eigenvalue weighted by Crippen LogP contribution is 2.22. The maximum absolute atomic E-state index is 12.4. The van der Waals surface area contributed by atoms with Crippen LogP contribution in [0.3, 0.4) is 0 Å². The van der Waals surface area contributed by atoms with E-state index in [2.05, 4.69) is 26.5 Å². The second-order valence-corrected chi connectivity index (χ2v) is 7.81. The molecule has 1 fully saturated rings. The van der Waals surface area contributed by atoms with Crippen molar-refractivity contribution in [2.75, 3.05) is 57.0 Å². The lowest BCUT2D eigenvalue weighted by atomic mass is 10.1. The molecule has 1 saturated heterocycles. The van der Waals surface area contributed by atoms with Gasteiger partial charge in [-0.1, -0.05) is 0 Å². The largest absolute Gasteiger partial charge is 0.351 e. The van der Waals surface area contributed by atoms with Crippen molar-refractivity contribution in [3.8, 4) is 6.07 Å². The number of nitrogens with one attached hydrogen (secondary N) is 1. The van der Waals surface area contributed by atoms with E-state index in [0.29, 0.717) is 48.8 Å². The average Bonchev–Trinajstić information content (AvgIpc) is 2.76. The molecule has 0 atom stereocenters. The van der Waals surface area contributed by atoms with E-state index in [9.17, 15) is 14.9 Å². The molecule has 1 aliphatic rings. The number of hydrogen-bond donors (Lipinski definition) is 1. The maximum Gasteiger partial charge on any atom is 0.253 e. The van der Waals surface area contributed by atoms with Crippen molar-refractivity contribution < 1.29 is 9.59 Å². The fourth-order valence-electron chi connectivity index (χ4n) is 3.43. The van der Waals surface area contributed by atoms with E-state index < -0.39 is 0 Å². The Kier molecular flexibility index (Phi) is 6.82. The average molecular weight is 422 g/mol. The van der Waals surface area contributed by atoms with Gasteiger partial charge in [0.2, 0.25) is 5.91 Å². The summed E-state index contributed by atoms with van der Waals surface area (Å²) in [5.74, 6) is 0.426. The number of piperazine rings is 1. The number of amides is 2. The van der Waals surface area contributed by atoms with Crippen LogP contribution in [0, 0.1) is 25.2 Å². The fraction of sp³-hybridized carbons (Fsp3) is 0.409. The van der Waals surface area contributed by atoms with E-state index in [1.807, 2.05) is 18.7 Å². The van der Waals surface area contributed by atoms with Crippen LogP contribution in [0.2, 0.25) is 0 Å². The Labute approximate surface area is 182 Å². The summed E-state index contributed by atoms with van der Waals surface area (Å²) in [5.41, 5.74) is 3.41. The topological polar surface area (TPSA) is 105 Å². The van der Waals surface area contributed by atoms with Gasteiger partial charge in [0, 0.05) is 51.5 Å². The van der Waals surface area contributed by atoms with Crippen LogP contribution in [-0.4, -0.2) is 78.6 Å². The summed E-state index contributed by atoms with van der Waals surface area (Å²) in [6, 6.07) is 9.11. The molecule has 1 aromatic heterocycles. The van der Waals surface area contributed by atoms with Crippen LogP contribution in [0.25, 0.3) is 0 Å². The molecular weight excluding hydrogens is 394 g/mol. The minimum Gasteiger partial charge on any atom is -0.351 e. The zero-order valence-electron chi connectivity index (χ0n) is 18.3. The first-order valence-electron chi connectivity index (χ1n) is 10.1. The molecule has 9 nitrogen and oxygen atoms in total. The Hall–Kier alpha value is -3.51. The predicted molar refractivity (Wildman–Crippen MR) is 118 cm³/mol. The number of aromatic nitrogens is 2. The molecule has 0 bridgehead atoms. The minimum atomic E-state index is -0.108. The number of anilines is 2. The van der Waals surface area contributed by atoms with Crippen LogP contribution in [-0.2, 0) is 4.79 Å². The Balaban J connectivity index is 1.53. The van der Waals surface area contributed by atoms with Gasteiger partial charge in [-0.2, -0.15) is 10.4 Å². The van der Waals surface area contributed by atoms with E-state index >= 15 is 0 Å². The number of aryl methyl sites for hydroxylation is 1. The molecule has 2 aromatic rings. The van der Waals surface area contributed by atoms with Gasteiger partial charge < -0.3 is 15.1 Å². The molecule has 31 heavy (non-hydrogen) atoms. The first-order chi connectivity index (χ1) is 14.8. The first-order valence-corrected chi connectivity index (χ1v) is 10.1. The minimum absolute atomic E-state index is 0.0798. The van der Waals surface area contributed by atoms with Crippen LogP contribution in [0.5, 0.6) is 0 Å². The van der Waals surface area contributed by atoms with Crippen molar-refractivity contribution in [2.45, 2.75) is 13.8 Å². The summed E-state index contributed by atoms with van der Waals surface area (Å²) in [4.78, 5) is 30.0. The van der Waals surface area contributed by atoms with Gasteiger partial charge in [0.05, 0.1) is 12.2 Å². The molecule has 0 radical (unpaired) electrons. The Bertz CT molecular complexity index is 1000. The van der Waals surface area contributed by atoms with Gasteiger partial charge in [-0.25, -0.2) is 0 Å². The lowest BCUT2D eigenvalue weighted by molar-refractivity contribution is -0.117. The Morgan fingerprint density at radius 1 is 1.10 bits per heavy atom. The van der Waals surface area contributed by atoms with Crippen molar-refractivity contribution in [2.24, 2.45) is 0 Å². The van der Waals surface area contributed by atoms with Gasteiger partial charge in [0.1, 0.15) is 11.6 Å². The third kappa shape index (κ3) is 5.16. The quantitative estimate of drug-likeness (QED) is 0.778.